The fraction of sp³-hybridized carbons (Fsp3) is 0.167. The zero-order valence-corrected chi connectivity index (χ0v) is 15.0. The van der Waals surface area contributed by atoms with Crippen LogP contribution in [0.3, 0.4) is 0 Å². The second-order valence-electron chi connectivity index (χ2n) is 5.68. The molecule has 0 fully saturated rings. The van der Waals surface area contributed by atoms with Crippen molar-refractivity contribution < 1.29 is 14.4 Å². The van der Waals surface area contributed by atoms with E-state index in [1.807, 2.05) is 30.3 Å². The molecule has 0 amide bonds. The summed E-state index contributed by atoms with van der Waals surface area (Å²) in [5, 5.41) is 9.34. The van der Waals surface area contributed by atoms with Crippen LogP contribution >= 0.6 is 26.9 Å². The van der Waals surface area contributed by atoms with E-state index in [1.54, 1.807) is 0 Å². The van der Waals surface area contributed by atoms with Gasteiger partial charge in [-0.25, -0.2) is 0 Å². The zero-order chi connectivity index (χ0) is 16.7. The molecule has 122 valence electrons. The van der Waals surface area contributed by atoms with E-state index in [-0.39, 0.29) is 12.0 Å². The first-order valence-corrected chi connectivity index (χ1v) is 9.47. The van der Waals surface area contributed by atoms with Crippen LogP contribution < -0.4 is 4.74 Å². The average molecular weight is 404 g/mol. The lowest BCUT2D eigenvalue weighted by molar-refractivity contribution is 0.207. The van der Waals surface area contributed by atoms with Crippen molar-refractivity contribution in [3.63, 3.8) is 0 Å². The highest BCUT2D eigenvalue weighted by Crippen LogP contribution is 2.39. The van der Waals surface area contributed by atoms with Crippen molar-refractivity contribution in [3.8, 4) is 22.1 Å². The molecular weight excluding hydrogens is 390 g/mol. The van der Waals surface area contributed by atoms with Gasteiger partial charge in [0.05, 0.1) is 17.0 Å². The van der Waals surface area contributed by atoms with Crippen molar-refractivity contribution in [1.29, 1.82) is 0 Å². The van der Waals surface area contributed by atoms with Gasteiger partial charge in [-0.1, -0.05) is 28.1 Å². The molecule has 0 bridgehead atoms. The summed E-state index contributed by atoms with van der Waals surface area (Å²) >= 11 is 3.60. The summed E-state index contributed by atoms with van der Waals surface area (Å²) in [5.74, 6) is 0.572. The summed E-state index contributed by atoms with van der Waals surface area (Å²) in [5.41, 5.74) is 3.31. The minimum Gasteiger partial charge on any atom is -0.568 e. The number of aromatic nitrogens is 1. The van der Waals surface area contributed by atoms with Crippen LogP contribution in [0.25, 0.3) is 10.4 Å². The zero-order valence-electron chi connectivity index (χ0n) is 12.6. The molecule has 2 aromatic carbocycles. The maximum atomic E-state index is 11.8. The Morgan fingerprint density at radius 3 is 2.71 bits per heavy atom. The van der Waals surface area contributed by atoms with Crippen molar-refractivity contribution >= 4 is 26.9 Å². The maximum absolute atomic E-state index is 11.8. The second-order valence-corrected chi connectivity index (χ2v) is 7.66. The first kappa shape index (κ1) is 15.6. The highest BCUT2D eigenvalue weighted by atomic mass is 79.9. The van der Waals surface area contributed by atoms with Gasteiger partial charge in [0.15, 0.2) is 0 Å². The van der Waals surface area contributed by atoms with E-state index in [0.717, 1.165) is 28.6 Å². The van der Waals surface area contributed by atoms with Gasteiger partial charge in [-0.15, -0.1) is 0 Å². The molecule has 1 aromatic heterocycles. The summed E-state index contributed by atoms with van der Waals surface area (Å²) in [6, 6.07) is 15.0. The lowest BCUT2D eigenvalue weighted by atomic mass is 10.1. The number of rotatable bonds is 3. The number of benzene rings is 2. The van der Waals surface area contributed by atoms with E-state index in [9.17, 15) is 9.66 Å². The fourth-order valence-electron chi connectivity index (χ4n) is 3.07. The number of fused-ring (bicyclic) bond motifs is 1. The van der Waals surface area contributed by atoms with Crippen molar-refractivity contribution in [2.75, 3.05) is 0 Å². The Kier molecular flexibility index (Phi) is 4.04. The summed E-state index contributed by atoms with van der Waals surface area (Å²) in [4.78, 5) is 0.509. The third-order valence-electron chi connectivity index (χ3n) is 4.20. The molecule has 6 heteroatoms. The maximum Gasteiger partial charge on any atom is 0.270 e. The molecule has 0 spiro atoms. The molecule has 4 rings (SSSR count). The highest BCUT2D eigenvalue weighted by Gasteiger charge is 2.25. The number of ether oxygens (including phenoxy) is 1. The Morgan fingerprint density at radius 1 is 1.21 bits per heavy atom. The molecule has 1 aliphatic carbocycles. The van der Waals surface area contributed by atoms with Crippen LogP contribution in [0.15, 0.2) is 53.0 Å². The van der Waals surface area contributed by atoms with E-state index in [1.165, 1.54) is 17.2 Å². The van der Waals surface area contributed by atoms with Crippen LogP contribution in [-0.2, 0) is 6.42 Å². The van der Waals surface area contributed by atoms with Crippen molar-refractivity contribution in [3.05, 3.63) is 64.1 Å². The van der Waals surface area contributed by atoms with Gasteiger partial charge in [-0.05, 0) is 54.3 Å². The molecule has 1 heterocycles. The van der Waals surface area contributed by atoms with Crippen molar-refractivity contribution in [2.45, 2.75) is 18.9 Å². The molecule has 0 aliphatic heterocycles. The fourth-order valence-corrected chi connectivity index (χ4v) is 4.51. The molecule has 24 heavy (non-hydrogen) atoms. The Labute approximate surface area is 150 Å². The first-order valence-electron chi connectivity index (χ1n) is 7.57. The van der Waals surface area contributed by atoms with E-state index >= 15 is 0 Å². The van der Waals surface area contributed by atoms with E-state index < -0.39 is 10.9 Å². The topological polar surface area (TPSA) is 65.4 Å². The Balaban J connectivity index is 1.55. The molecule has 3 aromatic rings. The molecule has 0 saturated carbocycles. The molecule has 1 unspecified atom stereocenters. The van der Waals surface area contributed by atoms with Gasteiger partial charge in [0.2, 0.25) is 4.88 Å². The largest absolute Gasteiger partial charge is 0.568 e. The van der Waals surface area contributed by atoms with Crippen LogP contribution in [0.5, 0.6) is 11.6 Å². The van der Waals surface area contributed by atoms with Crippen LogP contribution in [0, 0.1) is 0 Å². The Hall–Kier alpha value is -1.89. The van der Waals surface area contributed by atoms with Gasteiger partial charge in [0.1, 0.15) is 11.9 Å². The lowest BCUT2D eigenvalue weighted by Gasteiger charge is -2.15. The van der Waals surface area contributed by atoms with Gasteiger partial charge >= 0.3 is 0 Å². The SMILES string of the molecule is [O-][s+]1nc(O)cc1-c1ccc(O[C@H]2CCc3c(Br)cccc32)cc1. The number of hydrogen-bond acceptors (Lipinski definition) is 4. The van der Waals surface area contributed by atoms with Gasteiger partial charge < -0.3 is 14.4 Å². The second kappa shape index (κ2) is 6.20. The molecule has 1 aliphatic rings. The van der Waals surface area contributed by atoms with Gasteiger partial charge in [0.25, 0.3) is 5.88 Å². The van der Waals surface area contributed by atoms with Gasteiger partial charge in [0, 0.05) is 14.4 Å². The molecular formula is C18H14BrNO3S. The monoisotopic (exact) mass is 403 g/mol. The normalized spacial score (nSPS) is 16.9. The van der Waals surface area contributed by atoms with Crippen LogP contribution in [-0.4, -0.2) is 14.0 Å². The Morgan fingerprint density at radius 2 is 2.00 bits per heavy atom. The molecule has 4 nitrogen and oxygen atoms in total. The molecule has 1 N–H and O–H groups in total. The van der Waals surface area contributed by atoms with Gasteiger partial charge in [-0.2, -0.15) is 0 Å². The predicted octanol–water partition coefficient (Wildman–Crippen LogP) is 5.01. The summed E-state index contributed by atoms with van der Waals surface area (Å²) < 4.78 is 22.6. The molecule has 2 atom stereocenters. The molecule has 0 saturated heterocycles. The highest BCUT2D eigenvalue weighted by molar-refractivity contribution is 9.10. The Bertz CT molecular complexity index is 892. The number of halogens is 1. The van der Waals surface area contributed by atoms with E-state index in [0.29, 0.717) is 4.88 Å². The third-order valence-corrected chi connectivity index (χ3v) is 6.03. The number of hydrogen-bond donors (Lipinski definition) is 1. The summed E-state index contributed by atoms with van der Waals surface area (Å²) in [6.07, 6.45) is 2.01. The number of aromatic hydroxyl groups is 1. The van der Waals surface area contributed by atoms with E-state index in [4.69, 9.17) is 4.74 Å². The van der Waals surface area contributed by atoms with Crippen molar-refractivity contribution in [1.82, 2.24) is 4.37 Å². The smallest absolute Gasteiger partial charge is 0.270 e. The quantitative estimate of drug-likeness (QED) is 0.624. The van der Waals surface area contributed by atoms with Crippen LogP contribution in [0.4, 0.5) is 0 Å². The van der Waals surface area contributed by atoms with E-state index in [2.05, 4.69) is 32.4 Å². The average Bonchev–Trinajstić information content (AvgIpc) is 3.12. The third kappa shape index (κ3) is 2.81. The molecule has 0 radical (unpaired) electrons. The minimum absolute atomic E-state index is 0.0514. The summed E-state index contributed by atoms with van der Waals surface area (Å²) in [6.45, 7) is 0. The van der Waals surface area contributed by atoms with Crippen LogP contribution in [0.1, 0.15) is 23.7 Å². The van der Waals surface area contributed by atoms with Crippen molar-refractivity contribution in [2.24, 2.45) is 0 Å². The first-order chi connectivity index (χ1) is 11.6. The minimum atomic E-state index is -1.53. The predicted molar refractivity (Wildman–Crippen MR) is 95.8 cm³/mol. The standard InChI is InChI=1S/C18H14BrNO3S/c19-15-3-1-2-14-13(15)8-9-16(14)23-12-6-4-11(5-7-12)17-10-18(21)20-24(17)22/h1-7,10,16H,8-9H2,(H,20,21)/t16-,24?/m0/s1. The lowest BCUT2D eigenvalue weighted by Crippen LogP contribution is -2.03. The van der Waals surface area contributed by atoms with Crippen LogP contribution in [0.2, 0.25) is 0 Å². The number of nitrogens with zero attached hydrogens (tertiary/aromatic N) is 1. The summed E-state index contributed by atoms with van der Waals surface area (Å²) in [7, 11) is -1.53. The van der Waals surface area contributed by atoms with Gasteiger partial charge in [-0.3, -0.25) is 0 Å².